The number of hydrogen-bond donors (Lipinski definition) is 3. The molecule has 1 saturated heterocycles. The van der Waals surface area contributed by atoms with Crippen LogP contribution in [0.1, 0.15) is 6.92 Å². The van der Waals surface area contributed by atoms with Crippen molar-refractivity contribution in [2.75, 3.05) is 30.5 Å². The van der Waals surface area contributed by atoms with Crippen molar-refractivity contribution in [2.45, 2.75) is 24.0 Å². The lowest BCUT2D eigenvalue weighted by Crippen LogP contribution is -2.48. The van der Waals surface area contributed by atoms with E-state index in [2.05, 4.69) is 5.32 Å². The largest absolute Gasteiger partial charge is 0.495 e. The summed E-state index contributed by atoms with van der Waals surface area (Å²) in [7, 11) is -7.16. The monoisotopic (exact) mass is 436 g/mol. The van der Waals surface area contributed by atoms with E-state index < -0.39 is 66.8 Å². The molecule has 1 aliphatic rings. The molecule has 3 N–H and O–H groups in total. The van der Waals surface area contributed by atoms with E-state index in [4.69, 9.17) is 9.84 Å². The number of aliphatic hydroxyl groups excluding tert-OH is 1. The molecule has 0 radical (unpaired) electrons. The Kier molecular flexibility index (Phi) is 6.33. The average molecular weight is 436 g/mol. The second-order valence-corrected chi connectivity index (χ2v) is 10.2. The smallest absolute Gasteiger partial charge is 0.318 e. The van der Waals surface area contributed by atoms with E-state index in [0.717, 1.165) is 6.07 Å². The lowest BCUT2D eigenvalue weighted by molar-refractivity contribution is -0.137. The molecule has 2 rings (SSSR count). The molecule has 2 atom stereocenters. The number of ether oxygens (including phenoxy) is 1. The topological polar surface area (TPSA) is 167 Å². The summed E-state index contributed by atoms with van der Waals surface area (Å²) in [5, 5.41) is 21.6. The van der Waals surface area contributed by atoms with Gasteiger partial charge in [-0.25, -0.2) is 16.8 Å². The molecule has 156 valence electrons. The number of sulfone groups is 1. The number of carboxylic acids is 1. The average Bonchev–Trinajstić information content (AvgIpc) is 2.84. The van der Waals surface area contributed by atoms with Crippen LogP contribution in [-0.4, -0.2) is 80.5 Å². The predicted octanol–water partition coefficient (Wildman–Crippen LogP) is -1.11. The van der Waals surface area contributed by atoms with Gasteiger partial charge < -0.3 is 20.3 Å². The number of carbonyl (C=O) groups excluding carboxylic acids is 1. The number of carbonyl (C=O) groups is 2. The van der Waals surface area contributed by atoms with E-state index in [1.54, 1.807) is 0 Å². The highest BCUT2D eigenvalue weighted by Gasteiger charge is 2.46. The molecule has 0 aromatic heterocycles. The van der Waals surface area contributed by atoms with Crippen LogP contribution >= 0.6 is 0 Å². The fourth-order valence-corrected chi connectivity index (χ4v) is 6.57. The van der Waals surface area contributed by atoms with Gasteiger partial charge in [0.2, 0.25) is 15.9 Å². The number of carboxylic acid groups (broad SMARTS) is 1. The first-order valence-corrected chi connectivity index (χ1v) is 11.2. The van der Waals surface area contributed by atoms with Gasteiger partial charge in [-0.15, -0.1) is 0 Å². The summed E-state index contributed by atoms with van der Waals surface area (Å²) in [5.74, 6) is -3.52. The van der Waals surface area contributed by atoms with Crippen LogP contribution in [0.3, 0.4) is 0 Å². The van der Waals surface area contributed by atoms with E-state index in [1.807, 2.05) is 0 Å². The Morgan fingerprint density at radius 1 is 1.32 bits per heavy atom. The molecule has 0 bridgehead atoms. The second-order valence-electron chi connectivity index (χ2n) is 6.20. The van der Waals surface area contributed by atoms with Gasteiger partial charge in [0, 0.05) is 12.6 Å². The maximum atomic E-state index is 13.2. The van der Waals surface area contributed by atoms with Crippen molar-refractivity contribution >= 4 is 37.4 Å². The van der Waals surface area contributed by atoms with Crippen LogP contribution in [0.5, 0.6) is 5.75 Å². The van der Waals surface area contributed by atoms with Gasteiger partial charge in [-0.2, -0.15) is 4.31 Å². The number of nitrogens with one attached hydrogen (secondary N) is 1. The summed E-state index contributed by atoms with van der Waals surface area (Å²) in [5.41, 5.74) is 0.113. The fraction of sp³-hybridized carbons (Fsp3) is 0.467. The van der Waals surface area contributed by atoms with Crippen molar-refractivity contribution in [2.24, 2.45) is 0 Å². The first kappa shape index (κ1) is 22.1. The number of sulfonamides is 1. The molecular weight excluding hydrogens is 416 g/mol. The number of methoxy groups -OCH3 is 1. The molecule has 28 heavy (non-hydrogen) atoms. The van der Waals surface area contributed by atoms with Crippen LogP contribution in [0.15, 0.2) is 23.1 Å². The highest BCUT2D eigenvalue weighted by molar-refractivity contribution is 7.92. The quantitative estimate of drug-likeness (QED) is 0.480. The standard InChI is InChI=1S/C15H20N2O9S2/c1-9(18)16-10-3-4-13(26-2)14(5-10)28(24,25)17(6-15(20)21)11-7-27(22,23)8-12(11)19/h3-5,11-12,19H,6-8H2,1-2H3,(H,16,18)(H,20,21)/t11-,12-/m0/s1. The number of hydrogen-bond acceptors (Lipinski definition) is 8. The van der Waals surface area contributed by atoms with E-state index in [0.29, 0.717) is 4.31 Å². The third kappa shape index (κ3) is 4.79. The summed E-state index contributed by atoms with van der Waals surface area (Å²) in [6.07, 6.45) is -1.58. The highest BCUT2D eigenvalue weighted by Crippen LogP contribution is 2.32. The Bertz CT molecular complexity index is 989. The Hall–Kier alpha value is -2.22. The molecule has 1 heterocycles. The normalized spacial score (nSPS) is 21.4. The minimum absolute atomic E-state index is 0.113. The molecule has 0 spiro atoms. The lowest BCUT2D eigenvalue weighted by atomic mass is 10.2. The van der Waals surface area contributed by atoms with Gasteiger partial charge in [0.15, 0.2) is 9.84 Å². The Morgan fingerprint density at radius 2 is 1.96 bits per heavy atom. The molecule has 1 aromatic rings. The molecule has 1 fully saturated rings. The van der Waals surface area contributed by atoms with Crippen LogP contribution < -0.4 is 10.1 Å². The maximum Gasteiger partial charge on any atom is 0.318 e. The number of rotatable bonds is 7. The number of amides is 1. The summed E-state index contributed by atoms with van der Waals surface area (Å²) in [4.78, 5) is 22.0. The maximum absolute atomic E-state index is 13.2. The van der Waals surface area contributed by atoms with E-state index in [1.165, 1.54) is 26.2 Å². The predicted molar refractivity (Wildman–Crippen MR) is 97.3 cm³/mol. The minimum Gasteiger partial charge on any atom is -0.495 e. The summed E-state index contributed by atoms with van der Waals surface area (Å²) >= 11 is 0. The third-order valence-corrected chi connectivity index (χ3v) is 7.62. The number of aliphatic hydroxyl groups is 1. The van der Waals surface area contributed by atoms with Crippen molar-refractivity contribution in [3.8, 4) is 5.75 Å². The van der Waals surface area contributed by atoms with Crippen molar-refractivity contribution in [3.63, 3.8) is 0 Å². The minimum atomic E-state index is -4.61. The molecule has 1 aliphatic heterocycles. The summed E-state index contributed by atoms with van der Waals surface area (Å²) in [6.45, 7) is 0.155. The van der Waals surface area contributed by atoms with Gasteiger partial charge in [0.1, 0.15) is 17.2 Å². The van der Waals surface area contributed by atoms with Gasteiger partial charge in [-0.3, -0.25) is 9.59 Å². The lowest BCUT2D eigenvalue weighted by Gasteiger charge is -2.28. The van der Waals surface area contributed by atoms with Gasteiger partial charge in [-0.05, 0) is 18.2 Å². The molecule has 0 aliphatic carbocycles. The molecule has 11 nitrogen and oxygen atoms in total. The fourth-order valence-electron chi connectivity index (χ4n) is 2.89. The first-order valence-electron chi connectivity index (χ1n) is 7.95. The van der Waals surface area contributed by atoms with E-state index >= 15 is 0 Å². The SMILES string of the molecule is COc1ccc(NC(C)=O)cc1S(=O)(=O)N(CC(=O)O)[C@H]1CS(=O)(=O)C[C@@H]1O. The van der Waals surface area contributed by atoms with Crippen LogP contribution in [-0.2, 0) is 29.4 Å². The summed E-state index contributed by atoms with van der Waals surface area (Å²) < 4.78 is 55.5. The molecule has 1 aromatic carbocycles. The second kappa shape index (κ2) is 8.03. The Labute approximate surface area is 161 Å². The molecule has 0 unspecified atom stereocenters. The van der Waals surface area contributed by atoms with Gasteiger partial charge >= 0.3 is 5.97 Å². The van der Waals surface area contributed by atoms with Crippen LogP contribution in [0, 0.1) is 0 Å². The Balaban J connectivity index is 2.59. The van der Waals surface area contributed by atoms with Gasteiger partial charge in [-0.1, -0.05) is 0 Å². The number of aliphatic carboxylic acids is 1. The van der Waals surface area contributed by atoms with Crippen molar-refractivity contribution in [1.82, 2.24) is 4.31 Å². The molecule has 13 heteroatoms. The highest BCUT2D eigenvalue weighted by atomic mass is 32.2. The zero-order valence-corrected chi connectivity index (χ0v) is 16.7. The van der Waals surface area contributed by atoms with Crippen LogP contribution in [0.2, 0.25) is 0 Å². The van der Waals surface area contributed by atoms with Crippen molar-refractivity contribution < 1.29 is 41.4 Å². The van der Waals surface area contributed by atoms with E-state index in [9.17, 15) is 31.5 Å². The number of benzene rings is 1. The van der Waals surface area contributed by atoms with Crippen LogP contribution in [0.4, 0.5) is 5.69 Å². The number of nitrogens with zero attached hydrogens (tertiary/aromatic N) is 1. The van der Waals surface area contributed by atoms with Crippen molar-refractivity contribution in [3.05, 3.63) is 18.2 Å². The zero-order chi connectivity index (χ0) is 21.3. The molecular formula is C15H20N2O9S2. The van der Waals surface area contributed by atoms with Gasteiger partial charge in [0.05, 0.1) is 30.8 Å². The first-order chi connectivity index (χ1) is 12.9. The summed E-state index contributed by atoms with van der Waals surface area (Å²) in [6, 6.07) is 2.25. The van der Waals surface area contributed by atoms with Gasteiger partial charge in [0.25, 0.3) is 0 Å². The van der Waals surface area contributed by atoms with Crippen molar-refractivity contribution in [1.29, 1.82) is 0 Å². The van der Waals surface area contributed by atoms with Crippen LogP contribution in [0.25, 0.3) is 0 Å². The number of anilines is 1. The zero-order valence-electron chi connectivity index (χ0n) is 15.0. The van der Waals surface area contributed by atoms with E-state index in [-0.39, 0.29) is 11.4 Å². The molecule has 1 amide bonds. The third-order valence-electron chi connectivity index (χ3n) is 4.03. The Morgan fingerprint density at radius 3 is 2.43 bits per heavy atom. The molecule has 0 saturated carbocycles.